The summed E-state index contributed by atoms with van der Waals surface area (Å²) in [6.45, 7) is 6.18. The topological polar surface area (TPSA) is 61.8 Å². The average molecular weight is 327 g/mol. The van der Waals surface area contributed by atoms with Gasteiger partial charge in [0, 0.05) is 18.2 Å². The highest BCUT2D eigenvalue weighted by molar-refractivity contribution is 6.31. The predicted molar refractivity (Wildman–Crippen MR) is 87.7 cm³/mol. The zero-order valence-electron chi connectivity index (χ0n) is 13.1. The van der Waals surface area contributed by atoms with E-state index >= 15 is 0 Å². The molecule has 0 fully saturated rings. The summed E-state index contributed by atoms with van der Waals surface area (Å²) in [5.41, 5.74) is 0.736. The molecule has 0 bridgehead atoms. The SMILES string of the molecule is CC(C)(CCO)CNC(=O)CN1CCOc2ccc(Cl)cc21. The molecule has 22 heavy (non-hydrogen) atoms. The van der Waals surface area contributed by atoms with Crippen LogP contribution in [0.25, 0.3) is 0 Å². The lowest BCUT2D eigenvalue weighted by molar-refractivity contribution is -0.120. The summed E-state index contributed by atoms with van der Waals surface area (Å²) in [4.78, 5) is 14.1. The average Bonchev–Trinajstić information content (AvgIpc) is 2.46. The number of nitrogens with one attached hydrogen (secondary N) is 1. The van der Waals surface area contributed by atoms with Gasteiger partial charge in [-0.25, -0.2) is 0 Å². The van der Waals surface area contributed by atoms with Crippen molar-refractivity contribution in [3.8, 4) is 5.75 Å². The van der Waals surface area contributed by atoms with E-state index in [1.54, 1.807) is 6.07 Å². The van der Waals surface area contributed by atoms with Crippen LogP contribution in [0.4, 0.5) is 5.69 Å². The summed E-state index contributed by atoms with van der Waals surface area (Å²) >= 11 is 6.03. The van der Waals surface area contributed by atoms with Crippen LogP contribution in [-0.4, -0.2) is 43.9 Å². The zero-order chi connectivity index (χ0) is 16.2. The van der Waals surface area contributed by atoms with Crippen molar-refractivity contribution in [2.24, 2.45) is 5.41 Å². The number of rotatable bonds is 6. The maximum absolute atomic E-state index is 12.2. The Kier molecular flexibility index (Phi) is 5.53. The van der Waals surface area contributed by atoms with Crippen LogP contribution in [0.1, 0.15) is 20.3 Å². The fourth-order valence-electron chi connectivity index (χ4n) is 2.37. The Morgan fingerprint density at radius 3 is 3.00 bits per heavy atom. The fraction of sp³-hybridized carbons (Fsp3) is 0.562. The van der Waals surface area contributed by atoms with Crippen LogP contribution in [0.3, 0.4) is 0 Å². The van der Waals surface area contributed by atoms with E-state index in [9.17, 15) is 4.79 Å². The summed E-state index contributed by atoms with van der Waals surface area (Å²) in [6.07, 6.45) is 0.656. The molecular weight excluding hydrogens is 304 g/mol. The summed E-state index contributed by atoms with van der Waals surface area (Å²) in [5, 5.41) is 12.6. The van der Waals surface area contributed by atoms with E-state index in [2.05, 4.69) is 5.32 Å². The van der Waals surface area contributed by atoms with Gasteiger partial charge in [0.2, 0.25) is 5.91 Å². The Bertz CT molecular complexity index is 534. The molecule has 6 heteroatoms. The van der Waals surface area contributed by atoms with Gasteiger partial charge in [0.25, 0.3) is 0 Å². The first-order valence-corrected chi connectivity index (χ1v) is 7.84. The minimum Gasteiger partial charge on any atom is -0.490 e. The molecule has 0 atom stereocenters. The normalized spacial score (nSPS) is 14.3. The summed E-state index contributed by atoms with van der Waals surface area (Å²) < 4.78 is 5.58. The molecule has 0 spiro atoms. The second-order valence-corrected chi connectivity index (χ2v) is 6.73. The predicted octanol–water partition coefficient (Wildman–Crippen LogP) is 2.06. The van der Waals surface area contributed by atoms with Crippen molar-refractivity contribution in [3.63, 3.8) is 0 Å². The number of anilines is 1. The molecule has 1 aliphatic rings. The van der Waals surface area contributed by atoms with Crippen LogP contribution in [0.5, 0.6) is 5.75 Å². The van der Waals surface area contributed by atoms with Gasteiger partial charge in [0.05, 0.1) is 18.8 Å². The Morgan fingerprint density at radius 2 is 2.27 bits per heavy atom. The number of aliphatic hydroxyl groups is 1. The van der Waals surface area contributed by atoms with Crippen molar-refractivity contribution < 1.29 is 14.6 Å². The van der Waals surface area contributed by atoms with E-state index in [0.717, 1.165) is 11.4 Å². The highest BCUT2D eigenvalue weighted by Crippen LogP contribution is 2.33. The van der Waals surface area contributed by atoms with Gasteiger partial charge >= 0.3 is 0 Å². The number of ether oxygens (including phenoxy) is 1. The lowest BCUT2D eigenvalue weighted by atomic mass is 9.90. The van der Waals surface area contributed by atoms with Crippen molar-refractivity contribution in [2.75, 3.05) is 37.7 Å². The van der Waals surface area contributed by atoms with Gasteiger partial charge in [-0.2, -0.15) is 0 Å². The van der Waals surface area contributed by atoms with E-state index < -0.39 is 0 Å². The molecule has 0 aromatic heterocycles. The maximum atomic E-state index is 12.2. The molecule has 0 saturated heterocycles. The molecule has 5 nitrogen and oxygen atoms in total. The lowest BCUT2D eigenvalue weighted by Gasteiger charge is -2.31. The van der Waals surface area contributed by atoms with E-state index in [1.807, 2.05) is 30.9 Å². The van der Waals surface area contributed by atoms with Gasteiger partial charge in [0.1, 0.15) is 12.4 Å². The molecule has 1 heterocycles. The number of halogens is 1. The third-order valence-electron chi connectivity index (χ3n) is 3.77. The standard InChI is InChI=1S/C16H23ClN2O3/c1-16(2,5-7-20)11-18-15(21)10-19-6-8-22-14-4-3-12(17)9-13(14)19/h3-4,9,20H,5-8,10-11H2,1-2H3,(H,18,21). The number of amides is 1. The smallest absolute Gasteiger partial charge is 0.239 e. The second kappa shape index (κ2) is 7.20. The minimum absolute atomic E-state index is 0.0427. The van der Waals surface area contributed by atoms with Crippen LogP contribution < -0.4 is 15.0 Å². The van der Waals surface area contributed by atoms with Crippen molar-refractivity contribution in [2.45, 2.75) is 20.3 Å². The Labute approximate surface area is 136 Å². The molecule has 2 N–H and O–H groups in total. The van der Waals surface area contributed by atoms with Crippen molar-refractivity contribution in [1.29, 1.82) is 0 Å². The number of carbonyl (C=O) groups excluding carboxylic acids is 1. The van der Waals surface area contributed by atoms with Gasteiger partial charge in [-0.3, -0.25) is 4.79 Å². The monoisotopic (exact) mass is 326 g/mol. The van der Waals surface area contributed by atoms with E-state index in [-0.39, 0.29) is 24.5 Å². The zero-order valence-corrected chi connectivity index (χ0v) is 13.8. The van der Waals surface area contributed by atoms with Gasteiger partial charge in [-0.1, -0.05) is 25.4 Å². The van der Waals surface area contributed by atoms with Crippen LogP contribution >= 0.6 is 11.6 Å². The van der Waals surface area contributed by atoms with Crippen LogP contribution in [0.15, 0.2) is 18.2 Å². The van der Waals surface area contributed by atoms with E-state index in [4.69, 9.17) is 21.4 Å². The van der Waals surface area contributed by atoms with Crippen LogP contribution in [-0.2, 0) is 4.79 Å². The molecular formula is C16H23ClN2O3. The highest BCUT2D eigenvalue weighted by atomic mass is 35.5. The molecule has 0 radical (unpaired) electrons. The number of fused-ring (bicyclic) bond motifs is 1. The maximum Gasteiger partial charge on any atom is 0.239 e. The number of carbonyl (C=O) groups is 1. The van der Waals surface area contributed by atoms with Crippen molar-refractivity contribution in [1.82, 2.24) is 5.32 Å². The molecule has 0 aliphatic carbocycles. The van der Waals surface area contributed by atoms with Gasteiger partial charge in [-0.15, -0.1) is 0 Å². The molecule has 2 rings (SSSR count). The molecule has 122 valence electrons. The number of benzene rings is 1. The largest absolute Gasteiger partial charge is 0.490 e. The lowest BCUT2D eigenvalue weighted by Crippen LogP contribution is -2.43. The molecule has 0 unspecified atom stereocenters. The number of nitrogens with zero attached hydrogens (tertiary/aromatic N) is 1. The molecule has 1 aromatic carbocycles. The van der Waals surface area contributed by atoms with Gasteiger partial charge < -0.3 is 20.1 Å². The minimum atomic E-state index is -0.114. The number of aliphatic hydroxyl groups excluding tert-OH is 1. The van der Waals surface area contributed by atoms with E-state index in [1.165, 1.54) is 0 Å². The Hall–Kier alpha value is -1.46. The molecule has 0 saturated carbocycles. The van der Waals surface area contributed by atoms with Gasteiger partial charge in [-0.05, 0) is 30.0 Å². The summed E-state index contributed by atoms with van der Waals surface area (Å²) in [5.74, 6) is 0.711. The third kappa shape index (κ3) is 4.52. The first-order valence-electron chi connectivity index (χ1n) is 7.46. The number of hydrogen-bond acceptors (Lipinski definition) is 4. The summed E-state index contributed by atoms with van der Waals surface area (Å²) in [6, 6.07) is 5.42. The summed E-state index contributed by atoms with van der Waals surface area (Å²) in [7, 11) is 0. The van der Waals surface area contributed by atoms with Crippen LogP contribution in [0.2, 0.25) is 5.02 Å². The van der Waals surface area contributed by atoms with Crippen LogP contribution in [0, 0.1) is 5.41 Å². The first-order chi connectivity index (χ1) is 10.4. The quantitative estimate of drug-likeness (QED) is 0.840. The Balaban J connectivity index is 1.95. The third-order valence-corrected chi connectivity index (χ3v) is 4.00. The van der Waals surface area contributed by atoms with Crippen molar-refractivity contribution in [3.05, 3.63) is 23.2 Å². The van der Waals surface area contributed by atoms with Gasteiger partial charge in [0.15, 0.2) is 0 Å². The first kappa shape index (κ1) is 16.9. The molecule has 1 aromatic rings. The number of hydrogen-bond donors (Lipinski definition) is 2. The highest BCUT2D eigenvalue weighted by Gasteiger charge is 2.22. The molecule has 1 aliphatic heterocycles. The van der Waals surface area contributed by atoms with Crippen molar-refractivity contribution >= 4 is 23.2 Å². The fourth-order valence-corrected chi connectivity index (χ4v) is 2.53. The second-order valence-electron chi connectivity index (χ2n) is 6.30. The molecule has 1 amide bonds. The van der Waals surface area contributed by atoms with E-state index in [0.29, 0.717) is 31.1 Å². The Morgan fingerprint density at radius 1 is 1.50 bits per heavy atom.